The van der Waals surface area contributed by atoms with E-state index < -0.39 is 10.8 Å². The normalized spacial score (nSPS) is 32.6. The van der Waals surface area contributed by atoms with E-state index in [4.69, 9.17) is 4.74 Å². The fourth-order valence-corrected chi connectivity index (χ4v) is 5.56. The van der Waals surface area contributed by atoms with E-state index in [0.29, 0.717) is 17.5 Å². The van der Waals surface area contributed by atoms with Crippen LogP contribution in [-0.2, 0) is 14.4 Å². The van der Waals surface area contributed by atoms with Crippen LogP contribution < -0.4 is 10.1 Å². The Labute approximate surface area is 172 Å². The van der Waals surface area contributed by atoms with Gasteiger partial charge >= 0.3 is 0 Å². The number of nitro groups is 1. The third kappa shape index (κ3) is 2.72. The van der Waals surface area contributed by atoms with Crippen LogP contribution >= 0.6 is 0 Å². The number of nitro benzene ring substituents is 1. The number of benzene rings is 1. The maximum atomic E-state index is 12.9. The molecule has 1 saturated heterocycles. The Kier molecular flexibility index (Phi) is 4.16. The number of hydrogen-bond acceptors (Lipinski definition) is 6. The number of imide groups is 1. The van der Waals surface area contributed by atoms with Crippen molar-refractivity contribution in [1.29, 1.82) is 0 Å². The monoisotopic (exact) mass is 411 g/mol. The van der Waals surface area contributed by atoms with Gasteiger partial charge in [-0.25, -0.2) is 0 Å². The highest BCUT2D eigenvalue weighted by Crippen LogP contribution is 2.65. The minimum absolute atomic E-state index is 0.0283. The molecule has 0 spiro atoms. The van der Waals surface area contributed by atoms with E-state index in [-0.39, 0.29) is 59.9 Å². The molecule has 6 atom stereocenters. The Morgan fingerprint density at radius 1 is 1.20 bits per heavy atom. The van der Waals surface area contributed by atoms with Crippen LogP contribution in [0.4, 0.5) is 11.4 Å². The summed E-state index contributed by atoms with van der Waals surface area (Å²) < 4.78 is 5.11. The smallest absolute Gasteiger partial charge is 0.273 e. The van der Waals surface area contributed by atoms with E-state index >= 15 is 0 Å². The SMILES string of the molecule is COc1cc([N+](=O)[O-])ccc1NC(=O)CCN1C(=O)C2C3C=CC(C4CC34)C2C1=O. The lowest BCUT2D eigenvalue weighted by molar-refractivity contribution is -0.384. The fourth-order valence-electron chi connectivity index (χ4n) is 5.56. The number of likely N-dealkylation sites (tertiary alicyclic amines) is 1. The van der Waals surface area contributed by atoms with Crippen molar-refractivity contribution >= 4 is 29.1 Å². The number of nitrogens with one attached hydrogen (secondary N) is 1. The molecule has 2 saturated carbocycles. The Morgan fingerprint density at radius 2 is 1.83 bits per heavy atom. The van der Waals surface area contributed by atoms with Gasteiger partial charge in [-0.05, 0) is 36.2 Å². The molecular weight excluding hydrogens is 390 g/mol. The van der Waals surface area contributed by atoms with Crippen molar-refractivity contribution < 1.29 is 24.0 Å². The number of methoxy groups -OCH3 is 1. The number of ether oxygens (including phenoxy) is 1. The van der Waals surface area contributed by atoms with Gasteiger partial charge in [0, 0.05) is 19.0 Å². The maximum Gasteiger partial charge on any atom is 0.273 e. The number of amides is 3. The first kappa shape index (κ1) is 18.8. The van der Waals surface area contributed by atoms with E-state index in [9.17, 15) is 24.5 Å². The van der Waals surface area contributed by atoms with E-state index in [1.165, 1.54) is 30.2 Å². The standard InChI is InChI=1S/C21H21N3O6/c1-30-16-8-10(24(28)29)2-5-15(16)22-17(25)6-7-23-20(26)18-11-3-4-12(14-9-13(11)14)19(18)21(23)27/h2-5,8,11-14,18-19H,6-7,9H2,1H3,(H,22,25). The summed E-state index contributed by atoms with van der Waals surface area (Å²) in [4.78, 5) is 49.9. The summed E-state index contributed by atoms with van der Waals surface area (Å²) in [5.41, 5.74) is 0.144. The molecule has 6 rings (SSSR count). The lowest BCUT2D eigenvalue weighted by atomic mass is 9.63. The lowest BCUT2D eigenvalue weighted by Gasteiger charge is -2.37. The largest absolute Gasteiger partial charge is 0.494 e. The van der Waals surface area contributed by atoms with E-state index in [0.717, 1.165) is 6.42 Å². The van der Waals surface area contributed by atoms with Gasteiger partial charge in [0.1, 0.15) is 5.75 Å². The van der Waals surface area contributed by atoms with Gasteiger partial charge in [-0.3, -0.25) is 29.4 Å². The van der Waals surface area contributed by atoms with Crippen LogP contribution in [0.25, 0.3) is 0 Å². The highest BCUT2D eigenvalue weighted by molar-refractivity contribution is 6.06. The van der Waals surface area contributed by atoms with Gasteiger partial charge in [-0.15, -0.1) is 0 Å². The summed E-state index contributed by atoms with van der Waals surface area (Å²) in [6, 6.07) is 3.89. The molecule has 156 valence electrons. The Balaban J connectivity index is 1.24. The number of nitrogens with zero attached hydrogens (tertiary/aromatic N) is 2. The molecule has 1 aliphatic heterocycles. The lowest BCUT2D eigenvalue weighted by Crippen LogP contribution is -2.40. The summed E-state index contributed by atoms with van der Waals surface area (Å²) in [5.74, 6) is 0.301. The van der Waals surface area contributed by atoms with Crippen LogP contribution in [0, 0.1) is 45.6 Å². The van der Waals surface area contributed by atoms with Gasteiger partial charge in [0.25, 0.3) is 5.69 Å². The van der Waals surface area contributed by atoms with Crippen molar-refractivity contribution in [3.8, 4) is 5.75 Å². The van der Waals surface area contributed by atoms with Gasteiger partial charge in [0.15, 0.2) is 0 Å². The second-order valence-corrected chi connectivity index (χ2v) is 8.42. The highest BCUT2D eigenvalue weighted by atomic mass is 16.6. The predicted molar refractivity (Wildman–Crippen MR) is 104 cm³/mol. The van der Waals surface area contributed by atoms with Crippen LogP contribution in [0.5, 0.6) is 5.75 Å². The van der Waals surface area contributed by atoms with Crippen LogP contribution in [-0.4, -0.2) is 41.2 Å². The number of allylic oxidation sites excluding steroid dienone is 2. The second kappa shape index (κ2) is 6.65. The molecule has 3 amide bonds. The Bertz CT molecular complexity index is 968. The summed E-state index contributed by atoms with van der Waals surface area (Å²) in [6.07, 6.45) is 5.28. The topological polar surface area (TPSA) is 119 Å². The number of rotatable bonds is 6. The molecule has 9 heteroatoms. The maximum absolute atomic E-state index is 12.9. The minimum atomic E-state index is -0.551. The van der Waals surface area contributed by atoms with Gasteiger partial charge in [0.05, 0.1) is 35.6 Å². The number of carbonyl (C=O) groups excluding carboxylic acids is 3. The summed E-state index contributed by atoms with van der Waals surface area (Å²) >= 11 is 0. The average molecular weight is 411 g/mol. The minimum Gasteiger partial charge on any atom is -0.494 e. The van der Waals surface area contributed by atoms with Gasteiger partial charge in [0.2, 0.25) is 17.7 Å². The van der Waals surface area contributed by atoms with Gasteiger partial charge in [-0.1, -0.05) is 12.2 Å². The molecule has 0 radical (unpaired) electrons. The van der Waals surface area contributed by atoms with Crippen molar-refractivity contribution in [3.05, 3.63) is 40.5 Å². The van der Waals surface area contributed by atoms with Crippen molar-refractivity contribution in [2.75, 3.05) is 19.0 Å². The van der Waals surface area contributed by atoms with Gasteiger partial charge in [-0.2, -0.15) is 0 Å². The van der Waals surface area contributed by atoms with Gasteiger partial charge < -0.3 is 10.1 Å². The van der Waals surface area contributed by atoms with Crippen LogP contribution in [0.1, 0.15) is 12.8 Å². The zero-order chi connectivity index (χ0) is 21.2. The summed E-state index contributed by atoms with van der Waals surface area (Å²) in [5, 5.41) is 13.5. The number of non-ortho nitro benzene ring substituents is 1. The molecule has 1 aromatic rings. The first-order chi connectivity index (χ1) is 14.4. The molecule has 2 bridgehead atoms. The number of hydrogen-bond donors (Lipinski definition) is 1. The van der Waals surface area contributed by atoms with Crippen molar-refractivity contribution in [1.82, 2.24) is 4.90 Å². The molecule has 6 unspecified atom stereocenters. The van der Waals surface area contributed by atoms with Crippen LogP contribution in [0.2, 0.25) is 0 Å². The van der Waals surface area contributed by atoms with Crippen molar-refractivity contribution in [3.63, 3.8) is 0 Å². The predicted octanol–water partition coefficient (Wildman–Crippen LogP) is 1.99. The molecule has 30 heavy (non-hydrogen) atoms. The molecule has 0 aromatic heterocycles. The summed E-state index contributed by atoms with van der Waals surface area (Å²) in [7, 11) is 1.35. The fraction of sp³-hybridized carbons (Fsp3) is 0.476. The first-order valence-electron chi connectivity index (χ1n) is 10.1. The molecular formula is C21H21N3O6. The average Bonchev–Trinajstić information content (AvgIpc) is 3.51. The molecule has 1 N–H and O–H groups in total. The molecule has 3 fully saturated rings. The molecule has 1 heterocycles. The van der Waals surface area contributed by atoms with Crippen molar-refractivity contribution in [2.24, 2.45) is 35.5 Å². The van der Waals surface area contributed by atoms with E-state index in [2.05, 4.69) is 17.5 Å². The third-order valence-corrected chi connectivity index (χ3v) is 6.99. The molecule has 1 aromatic carbocycles. The Hall–Kier alpha value is -3.23. The first-order valence-corrected chi connectivity index (χ1v) is 10.1. The Morgan fingerprint density at radius 3 is 2.40 bits per heavy atom. The van der Waals surface area contributed by atoms with Crippen LogP contribution in [0.15, 0.2) is 30.4 Å². The van der Waals surface area contributed by atoms with Crippen LogP contribution in [0.3, 0.4) is 0 Å². The van der Waals surface area contributed by atoms with E-state index in [1.807, 2.05) is 0 Å². The molecule has 4 aliphatic carbocycles. The number of anilines is 1. The van der Waals surface area contributed by atoms with Crippen molar-refractivity contribution in [2.45, 2.75) is 12.8 Å². The second-order valence-electron chi connectivity index (χ2n) is 8.42. The number of carbonyl (C=O) groups is 3. The zero-order valence-electron chi connectivity index (χ0n) is 16.3. The third-order valence-electron chi connectivity index (χ3n) is 6.99. The van der Waals surface area contributed by atoms with E-state index in [1.54, 1.807) is 0 Å². The summed E-state index contributed by atoms with van der Waals surface area (Å²) in [6.45, 7) is 0.0283. The zero-order valence-corrected chi connectivity index (χ0v) is 16.3. The molecule has 9 nitrogen and oxygen atoms in total. The molecule has 5 aliphatic rings. The quantitative estimate of drug-likeness (QED) is 0.331. The highest BCUT2D eigenvalue weighted by Gasteiger charge is 2.66.